The van der Waals surface area contributed by atoms with Gasteiger partial charge in [0.05, 0.1) is 18.8 Å². The van der Waals surface area contributed by atoms with Crippen LogP contribution < -0.4 is 26.6 Å². The van der Waals surface area contributed by atoms with Crippen molar-refractivity contribution in [1.82, 2.24) is 5.10 Å². The minimum atomic E-state index is 0. The lowest BCUT2D eigenvalue weighted by molar-refractivity contribution is -0.752. The summed E-state index contributed by atoms with van der Waals surface area (Å²) in [7, 11) is 0. The molecule has 0 amide bonds. The molecule has 1 aromatic heterocycles. The minimum Gasteiger partial charge on any atom is -1.00 e. The lowest BCUT2D eigenvalue weighted by Crippen LogP contribution is -3.00. The number of ether oxygens (including phenoxy) is 1. The van der Waals surface area contributed by atoms with E-state index in [1.165, 1.54) is 30.4 Å². The Hall–Kier alpha value is -1.46. The number of aromatic nitrogens is 2. The highest BCUT2D eigenvalue weighted by Crippen LogP contribution is 2.21. The lowest BCUT2D eigenvalue weighted by atomic mass is 10.1. The first-order chi connectivity index (χ1) is 11.4. The molecule has 4 nitrogen and oxygen atoms in total. The van der Waals surface area contributed by atoms with E-state index in [1.807, 2.05) is 0 Å². The number of hydrogen-bond donors (Lipinski definition) is 0. The van der Waals surface area contributed by atoms with E-state index in [4.69, 9.17) is 9.84 Å². The monoisotopic (exact) mass is 391 g/mol. The fourth-order valence-electron chi connectivity index (χ4n) is 2.90. The van der Waals surface area contributed by atoms with Crippen LogP contribution in [0.5, 0.6) is 0 Å². The molecule has 1 aliphatic rings. The molecule has 1 aromatic carbocycles. The highest BCUT2D eigenvalue weighted by Gasteiger charge is 2.18. The number of aryl methyl sites for hydroxylation is 1. The smallest absolute Gasteiger partial charge is 0.204 e. The van der Waals surface area contributed by atoms with Crippen LogP contribution in [0.25, 0.3) is 11.1 Å². The summed E-state index contributed by atoms with van der Waals surface area (Å²) in [4.78, 5) is 2.33. The van der Waals surface area contributed by atoms with Crippen molar-refractivity contribution < 1.29 is 26.4 Å². The topological polar surface area (TPSA) is 29.2 Å². The average molecular weight is 392 g/mol. The fraction of sp³-hybridized carbons (Fsp3) is 0.474. The Morgan fingerprint density at radius 2 is 1.83 bits per heavy atom. The summed E-state index contributed by atoms with van der Waals surface area (Å²) in [5.74, 6) is 1.06. The molecular formula is C19H26BrN3O. The SMILES string of the molecule is CCCCC[n+]1cc(-c2ccccc2)cc(N2CCOCC2)n1.[Br-]. The molecule has 3 rings (SSSR count). The molecule has 0 unspecified atom stereocenters. The largest absolute Gasteiger partial charge is 1.00 e. The molecule has 0 saturated carbocycles. The summed E-state index contributed by atoms with van der Waals surface area (Å²) < 4.78 is 7.58. The quantitative estimate of drug-likeness (QED) is 0.515. The second-order valence-electron chi connectivity index (χ2n) is 6.02. The second kappa shape index (κ2) is 9.74. The molecule has 5 heteroatoms. The van der Waals surface area contributed by atoms with E-state index in [0.717, 1.165) is 38.7 Å². The Kier molecular flexibility index (Phi) is 7.66. The number of morpholine rings is 1. The number of halogens is 1. The first kappa shape index (κ1) is 18.9. The molecule has 0 spiro atoms. The van der Waals surface area contributed by atoms with Crippen molar-refractivity contribution in [2.75, 3.05) is 31.2 Å². The zero-order valence-corrected chi connectivity index (χ0v) is 15.9. The molecule has 130 valence electrons. The zero-order valence-electron chi connectivity index (χ0n) is 14.3. The minimum absolute atomic E-state index is 0. The Balaban J connectivity index is 0.00000208. The predicted molar refractivity (Wildman–Crippen MR) is 92.4 cm³/mol. The molecule has 0 aliphatic carbocycles. The van der Waals surface area contributed by atoms with Gasteiger partial charge in [0, 0.05) is 30.7 Å². The van der Waals surface area contributed by atoms with Gasteiger partial charge in [-0.3, -0.25) is 0 Å². The van der Waals surface area contributed by atoms with Crippen LogP contribution in [0.3, 0.4) is 0 Å². The van der Waals surface area contributed by atoms with Crippen LogP contribution >= 0.6 is 0 Å². The van der Waals surface area contributed by atoms with Crippen LogP contribution in [0, 0.1) is 0 Å². The maximum atomic E-state index is 5.47. The van der Waals surface area contributed by atoms with E-state index in [2.05, 4.69) is 59.1 Å². The van der Waals surface area contributed by atoms with Gasteiger partial charge in [-0.1, -0.05) is 48.4 Å². The molecule has 1 saturated heterocycles. The van der Waals surface area contributed by atoms with Gasteiger partial charge in [-0.2, -0.15) is 0 Å². The molecule has 0 bridgehead atoms. The number of benzene rings is 1. The van der Waals surface area contributed by atoms with E-state index < -0.39 is 0 Å². The van der Waals surface area contributed by atoms with Gasteiger partial charge in [-0.15, -0.1) is 0 Å². The Morgan fingerprint density at radius 1 is 1.08 bits per heavy atom. The van der Waals surface area contributed by atoms with E-state index in [0.29, 0.717) is 0 Å². The van der Waals surface area contributed by atoms with Crippen molar-refractivity contribution in [3.63, 3.8) is 0 Å². The Morgan fingerprint density at radius 3 is 2.54 bits per heavy atom. The Labute approximate surface area is 155 Å². The zero-order chi connectivity index (χ0) is 15.9. The van der Waals surface area contributed by atoms with Crippen LogP contribution in [0.1, 0.15) is 26.2 Å². The summed E-state index contributed by atoms with van der Waals surface area (Å²) in [5.41, 5.74) is 2.48. The summed E-state index contributed by atoms with van der Waals surface area (Å²) in [6, 6.07) is 12.8. The summed E-state index contributed by atoms with van der Waals surface area (Å²) >= 11 is 0. The number of hydrogen-bond acceptors (Lipinski definition) is 3. The third-order valence-electron chi connectivity index (χ3n) is 4.24. The van der Waals surface area contributed by atoms with Gasteiger partial charge >= 0.3 is 0 Å². The van der Waals surface area contributed by atoms with Crippen LogP contribution in [0.15, 0.2) is 42.6 Å². The highest BCUT2D eigenvalue weighted by atomic mass is 79.9. The van der Waals surface area contributed by atoms with E-state index in [1.54, 1.807) is 0 Å². The van der Waals surface area contributed by atoms with Crippen molar-refractivity contribution in [2.45, 2.75) is 32.7 Å². The van der Waals surface area contributed by atoms with Crippen molar-refractivity contribution in [1.29, 1.82) is 0 Å². The number of unbranched alkanes of at least 4 members (excludes halogenated alkanes) is 2. The van der Waals surface area contributed by atoms with E-state index in [9.17, 15) is 0 Å². The molecule has 0 atom stereocenters. The fourth-order valence-corrected chi connectivity index (χ4v) is 2.90. The first-order valence-electron chi connectivity index (χ1n) is 8.67. The van der Waals surface area contributed by atoms with E-state index >= 15 is 0 Å². The van der Waals surface area contributed by atoms with Crippen molar-refractivity contribution in [2.24, 2.45) is 0 Å². The molecular weight excluding hydrogens is 366 g/mol. The third-order valence-corrected chi connectivity index (χ3v) is 4.24. The maximum Gasteiger partial charge on any atom is 0.204 e. The third kappa shape index (κ3) is 5.02. The number of nitrogens with zero attached hydrogens (tertiary/aromatic N) is 3. The number of rotatable bonds is 6. The van der Waals surface area contributed by atoms with Crippen LogP contribution in [-0.2, 0) is 11.3 Å². The number of anilines is 1. The average Bonchev–Trinajstić information content (AvgIpc) is 2.63. The standard InChI is InChI=1S/C19H26N3O.BrH/c1-2-3-7-10-22-16-18(17-8-5-4-6-9-17)15-19(20-22)21-11-13-23-14-12-21;/h4-6,8-9,15-16H,2-3,7,10-14H2,1H3;1H/q+1;/p-1. The predicted octanol–water partition coefficient (Wildman–Crippen LogP) is 0.0669. The van der Waals surface area contributed by atoms with Crippen LogP contribution in [0.4, 0.5) is 5.82 Å². The van der Waals surface area contributed by atoms with Gasteiger partial charge in [-0.25, -0.2) is 0 Å². The van der Waals surface area contributed by atoms with E-state index in [-0.39, 0.29) is 17.0 Å². The van der Waals surface area contributed by atoms with Crippen molar-refractivity contribution in [3.8, 4) is 11.1 Å². The lowest BCUT2D eigenvalue weighted by Gasteiger charge is -2.26. The summed E-state index contributed by atoms with van der Waals surface area (Å²) in [6.07, 6.45) is 5.83. The normalized spacial score (nSPS) is 14.3. The van der Waals surface area contributed by atoms with Gasteiger partial charge in [0.25, 0.3) is 0 Å². The molecule has 2 aromatic rings. The van der Waals surface area contributed by atoms with Gasteiger partial charge < -0.3 is 26.6 Å². The van der Waals surface area contributed by atoms with Crippen LogP contribution in [-0.4, -0.2) is 31.4 Å². The van der Waals surface area contributed by atoms with Gasteiger partial charge in [0.15, 0.2) is 12.4 Å². The van der Waals surface area contributed by atoms with Crippen LogP contribution in [0.2, 0.25) is 0 Å². The van der Waals surface area contributed by atoms with Crippen molar-refractivity contribution >= 4 is 5.82 Å². The molecule has 1 aliphatic heterocycles. The van der Waals surface area contributed by atoms with Gasteiger partial charge in [0.1, 0.15) is 0 Å². The van der Waals surface area contributed by atoms with Gasteiger partial charge in [-0.05, 0) is 12.0 Å². The summed E-state index contributed by atoms with van der Waals surface area (Å²) in [5, 5.41) is 4.84. The Bertz CT molecular complexity index is 615. The molecule has 0 N–H and O–H groups in total. The maximum absolute atomic E-state index is 5.47. The molecule has 24 heavy (non-hydrogen) atoms. The molecule has 0 radical (unpaired) electrons. The molecule has 2 heterocycles. The molecule has 1 fully saturated rings. The summed E-state index contributed by atoms with van der Waals surface area (Å²) in [6.45, 7) is 6.62. The first-order valence-corrected chi connectivity index (χ1v) is 8.67. The van der Waals surface area contributed by atoms with Gasteiger partial charge in [0.2, 0.25) is 6.20 Å². The highest BCUT2D eigenvalue weighted by molar-refractivity contribution is 5.64. The second-order valence-corrected chi connectivity index (χ2v) is 6.02. The van der Waals surface area contributed by atoms with Crippen molar-refractivity contribution in [3.05, 3.63) is 42.6 Å².